The lowest BCUT2D eigenvalue weighted by Gasteiger charge is -2.17. The summed E-state index contributed by atoms with van der Waals surface area (Å²) in [4.78, 5) is 10.3. The van der Waals surface area contributed by atoms with Crippen LogP contribution in [0.15, 0.2) is 21.1 Å². The zero-order valence-corrected chi connectivity index (χ0v) is 14.8. The topological polar surface area (TPSA) is 64.4 Å². The average Bonchev–Trinajstić information content (AvgIpc) is 2.34. The smallest absolute Gasteiger partial charge is 0.271 e. The van der Waals surface area contributed by atoms with Crippen molar-refractivity contribution in [3.05, 3.63) is 31.2 Å². The largest absolute Gasteiger partial charge is 0.491 e. The molecule has 20 heavy (non-hydrogen) atoms. The maximum Gasteiger partial charge on any atom is 0.271 e. The molecule has 0 bridgehead atoms. The van der Waals surface area contributed by atoms with Gasteiger partial charge in [0.1, 0.15) is 5.75 Å². The molecule has 0 aliphatic carbocycles. The Balaban J connectivity index is 2.66. The van der Waals surface area contributed by atoms with Gasteiger partial charge >= 0.3 is 0 Å². The van der Waals surface area contributed by atoms with Crippen LogP contribution in [0.3, 0.4) is 0 Å². The Morgan fingerprint density at radius 2 is 1.85 bits per heavy atom. The third-order valence-corrected chi connectivity index (χ3v) is 3.76. The highest BCUT2D eigenvalue weighted by atomic mass is 79.9. The quantitative estimate of drug-likeness (QED) is 0.543. The fourth-order valence-corrected chi connectivity index (χ4v) is 2.90. The summed E-state index contributed by atoms with van der Waals surface area (Å²) >= 11 is 6.61. The second kappa shape index (κ2) is 7.95. The van der Waals surface area contributed by atoms with Gasteiger partial charge in [0.15, 0.2) is 0 Å². The number of hydrogen-bond acceptors (Lipinski definition) is 4. The van der Waals surface area contributed by atoms with Crippen molar-refractivity contribution in [1.82, 2.24) is 5.32 Å². The van der Waals surface area contributed by atoms with E-state index in [1.54, 1.807) is 0 Å². The molecule has 112 valence electrons. The first-order valence-corrected chi connectivity index (χ1v) is 7.89. The van der Waals surface area contributed by atoms with Gasteiger partial charge in [-0.2, -0.15) is 0 Å². The summed E-state index contributed by atoms with van der Waals surface area (Å²) in [6.07, 6.45) is 0. The molecule has 1 N–H and O–H groups in total. The summed E-state index contributed by atoms with van der Waals surface area (Å²) in [5.41, 5.74) is 0.0191. The molecule has 1 rings (SSSR count). The fraction of sp³-hybridized carbons (Fsp3) is 0.538. The number of nitrogens with zero attached hydrogens (tertiary/aromatic N) is 1. The zero-order valence-electron chi connectivity index (χ0n) is 11.7. The molecular weight excluding hydrogens is 392 g/mol. The summed E-state index contributed by atoms with van der Waals surface area (Å²) < 4.78 is 6.88. The number of ether oxygens (including phenoxy) is 1. The van der Waals surface area contributed by atoms with Crippen molar-refractivity contribution in [3.63, 3.8) is 0 Å². The lowest BCUT2D eigenvalue weighted by atomic mass is 10.2. The van der Waals surface area contributed by atoms with E-state index in [1.807, 2.05) is 0 Å². The Bertz CT molecular complexity index is 458. The van der Waals surface area contributed by atoms with Crippen molar-refractivity contribution < 1.29 is 9.66 Å². The van der Waals surface area contributed by atoms with E-state index in [-0.39, 0.29) is 5.69 Å². The fourth-order valence-electron chi connectivity index (χ4n) is 1.51. The number of nitro benzene ring substituents is 1. The highest BCUT2D eigenvalue weighted by molar-refractivity contribution is 9.11. The Kier molecular flexibility index (Phi) is 6.91. The molecule has 1 unspecified atom stereocenters. The van der Waals surface area contributed by atoms with Gasteiger partial charge in [0.25, 0.3) is 5.69 Å². The molecule has 5 nitrogen and oxygen atoms in total. The van der Waals surface area contributed by atoms with Crippen LogP contribution in [0.4, 0.5) is 5.69 Å². The van der Waals surface area contributed by atoms with Crippen LogP contribution in [0.2, 0.25) is 0 Å². The van der Waals surface area contributed by atoms with Crippen LogP contribution >= 0.6 is 31.9 Å². The zero-order chi connectivity index (χ0) is 15.3. The minimum atomic E-state index is -0.436. The molecule has 1 atom stereocenters. The summed E-state index contributed by atoms with van der Waals surface area (Å²) in [7, 11) is 0. The van der Waals surface area contributed by atoms with Gasteiger partial charge in [0.05, 0.1) is 20.5 Å². The number of halogens is 2. The van der Waals surface area contributed by atoms with Gasteiger partial charge in [-0.05, 0) is 31.9 Å². The molecule has 1 aromatic rings. The van der Waals surface area contributed by atoms with Crippen LogP contribution in [0.5, 0.6) is 5.75 Å². The third kappa shape index (κ3) is 5.38. The van der Waals surface area contributed by atoms with Crippen molar-refractivity contribution in [2.45, 2.75) is 26.8 Å². The maximum absolute atomic E-state index is 10.7. The van der Waals surface area contributed by atoms with E-state index < -0.39 is 4.92 Å². The minimum Gasteiger partial charge on any atom is -0.491 e. The Hall–Kier alpha value is -0.660. The van der Waals surface area contributed by atoms with Crippen LogP contribution in [0.25, 0.3) is 0 Å². The number of benzene rings is 1. The van der Waals surface area contributed by atoms with Crippen molar-refractivity contribution >= 4 is 37.5 Å². The van der Waals surface area contributed by atoms with Gasteiger partial charge < -0.3 is 10.1 Å². The van der Waals surface area contributed by atoms with Crippen LogP contribution in [-0.4, -0.2) is 24.1 Å². The van der Waals surface area contributed by atoms with Crippen molar-refractivity contribution in [2.24, 2.45) is 5.92 Å². The van der Waals surface area contributed by atoms with Crippen LogP contribution in [0, 0.1) is 16.0 Å². The molecule has 0 aliphatic rings. The van der Waals surface area contributed by atoms with Crippen LogP contribution in [0.1, 0.15) is 20.8 Å². The Labute approximate surface area is 135 Å². The second-order valence-electron chi connectivity index (χ2n) is 4.97. The Morgan fingerprint density at radius 1 is 1.30 bits per heavy atom. The number of hydrogen-bond donors (Lipinski definition) is 1. The number of non-ortho nitro benzene ring substituents is 1. The van der Waals surface area contributed by atoms with E-state index in [4.69, 9.17) is 4.74 Å². The average molecular weight is 410 g/mol. The maximum atomic E-state index is 10.7. The molecule has 0 heterocycles. The van der Waals surface area contributed by atoms with Gasteiger partial charge in [0, 0.05) is 30.6 Å². The predicted molar refractivity (Wildman–Crippen MR) is 86.3 cm³/mol. The summed E-state index contributed by atoms with van der Waals surface area (Å²) in [5.74, 6) is 0.929. The summed E-state index contributed by atoms with van der Waals surface area (Å²) in [5, 5.41) is 14.1. The molecule has 0 saturated heterocycles. The van der Waals surface area contributed by atoms with E-state index in [2.05, 4.69) is 57.9 Å². The van der Waals surface area contributed by atoms with Crippen molar-refractivity contribution in [3.8, 4) is 5.75 Å². The molecule has 1 aromatic carbocycles. The van der Waals surface area contributed by atoms with E-state index in [0.29, 0.717) is 33.3 Å². The normalized spacial score (nSPS) is 12.5. The van der Waals surface area contributed by atoms with Gasteiger partial charge in [-0.25, -0.2) is 0 Å². The molecule has 0 fully saturated rings. The lowest BCUT2D eigenvalue weighted by Crippen LogP contribution is -2.30. The van der Waals surface area contributed by atoms with Crippen molar-refractivity contribution in [2.75, 3.05) is 13.2 Å². The molecular formula is C13H18Br2N2O3. The summed E-state index contributed by atoms with van der Waals surface area (Å²) in [6.45, 7) is 7.67. The first-order chi connectivity index (χ1) is 9.31. The van der Waals surface area contributed by atoms with Gasteiger partial charge in [-0.15, -0.1) is 0 Å². The highest BCUT2D eigenvalue weighted by Crippen LogP contribution is 2.37. The number of rotatable bonds is 7. The molecule has 7 heteroatoms. The van der Waals surface area contributed by atoms with Crippen molar-refractivity contribution in [1.29, 1.82) is 0 Å². The van der Waals surface area contributed by atoms with E-state index in [9.17, 15) is 10.1 Å². The molecule has 0 radical (unpaired) electrons. The molecule has 0 saturated carbocycles. The molecule has 0 aromatic heterocycles. The minimum absolute atomic E-state index is 0.0191. The standard InChI is InChI=1S/C13H18Br2N2O3/c1-8(2)16-6-9(3)7-20-13-11(14)4-10(17(18)19)5-12(13)15/h4-5,8-9,16H,6-7H2,1-3H3. The van der Waals surface area contributed by atoms with Gasteiger partial charge in [0.2, 0.25) is 0 Å². The van der Waals surface area contributed by atoms with E-state index in [0.717, 1.165) is 6.54 Å². The third-order valence-electron chi connectivity index (χ3n) is 2.58. The second-order valence-corrected chi connectivity index (χ2v) is 6.68. The van der Waals surface area contributed by atoms with E-state index >= 15 is 0 Å². The van der Waals surface area contributed by atoms with Crippen LogP contribution < -0.4 is 10.1 Å². The van der Waals surface area contributed by atoms with Gasteiger partial charge in [-0.3, -0.25) is 10.1 Å². The molecule has 0 spiro atoms. The van der Waals surface area contributed by atoms with E-state index in [1.165, 1.54) is 12.1 Å². The molecule has 0 amide bonds. The monoisotopic (exact) mass is 408 g/mol. The van der Waals surface area contributed by atoms with Crippen LogP contribution in [-0.2, 0) is 0 Å². The lowest BCUT2D eigenvalue weighted by molar-refractivity contribution is -0.385. The van der Waals surface area contributed by atoms with Gasteiger partial charge in [-0.1, -0.05) is 20.8 Å². The first-order valence-electron chi connectivity index (χ1n) is 6.30. The number of nitrogens with one attached hydrogen (secondary N) is 1. The highest BCUT2D eigenvalue weighted by Gasteiger charge is 2.16. The molecule has 0 aliphatic heterocycles. The first kappa shape index (κ1) is 17.4. The Morgan fingerprint density at radius 3 is 2.30 bits per heavy atom. The SMILES string of the molecule is CC(CNC(C)C)COc1c(Br)cc([N+](=O)[O-])cc1Br. The predicted octanol–water partition coefficient (Wildman–Crippen LogP) is 4.13. The summed E-state index contributed by atoms with van der Waals surface area (Å²) in [6, 6.07) is 3.32. The number of nitro groups is 1.